The minimum Gasteiger partial charge on any atom is -0.229 e. The number of aryl methyl sites for hydroxylation is 1. The van der Waals surface area contributed by atoms with Crippen molar-refractivity contribution in [3.05, 3.63) is 28.8 Å². The van der Waals surface area contributed by atoms with Gasteiger partial charge in [0.2, 0.25) is 10.0 Å². The van der Waals surface area contributed by atoms with Crippen LogP contribution in [0.5, 0.6) is 0 Å². The molecule has 1 N–H and O–H groups in total. The van der Waals surface area contributed by atoms with Gasteiger partial charge in [-0.05, 0) is 24.6 Å². The number of hydrogen-bond donors (Lipinski definition) is 1. The molecule has 0 aromatic heterocycles. The molecule has 0 heterocycles. The highest BCUT2D eigenvalue weighted by Gasteiger charge is 2.15. The van der Waals surface area contributed by atoms with E-state index in [4.69, 9.17) is 11.6 Å². The zero-order valence-electron chi connectivity index (χ0n) is 9.97. The lowest BCUT2D eigenvalue weighted by Gasteiger charge is -2.07. The van der Waals surface area contributed by atoms with Gasteiger partial charge in [0.25, 0.3) is 0 Å². The summed E-state index contributed by atoms with van der Waals surface area (Å²) in [6.45, 7) is 1.60. The second kappa shape index (κ2) is 5.56. The monoisotopic (exact) mass is 311 g/mol. The van der Waals surface area contributed by atoms with Crippen LogP contribution in [0.25, 0.3) is 0 Å². The van der Waals surface area contributed by atoms with Crippen molar-refractivity contribution in [3.63, 3.8) is 0 Å². The minimum atomic E-state index is -3.72. The van der Waals surface area contributed by atoms with E-state index in [1.807, 2.05) is 0 Å². The van der Waals surface area contributed by atoms with Crippen molar-refractivity contribution in [1.29, 1.82) is 0 Å². The number of sulfonamides is 1. The van der Waals surface area contributed by atoms with Gasteiger partial charge in [-0.2, -0.15) is 0 Å². The van der Waals surface area contributed by atoms with E-state index in [0.29, 0.717) is 5.02 Å². The van der Waals surface area contributed by atoms with Gasteiger partial charge in [-0.1, -0.05) is 17.7 Å². The standard InChI is InChI=1S/C10H14ClNO4S2/c1-8-3-4-9(7-10(8)11)18(15,16)12-5-6-17(2,13)14/h3-4,7,12H,5-6H2,1-2H3. The van der Waals surface area contributed by atoms with Crippen molar-refractivity contribution in [2.45, 2.75) is 11.8 Å². The molecule has 8 heteroatoms. The quantitative estimate of drug-likeness (QED) is 0.878. The van der Waals surface area contributed by atoms with Gasteiger partial charge in [0, 0.05) is 17.8 Å². The summed E-state index contributed by atoms with van der Waals surface area (Å²) in [6, 6.07) is 4.34. The van der Waals surface area contributed by atoms with Crippen LogP contribution in [0.3, 0.4) is 0 Å². The molecule has 0 aliphatic carbocycles. The number of halogens is 1. The molecule has 0 aliphatic rings. The van der Waals surface area contributed by atoms with Crippen LogP contribution in [0.1, 0.15) is 5.56 Å². The Hall–Kier alpha value is -0.630. The lowest BCUT2D eigenvalue weighted by molar-refractivity contribution is 0.582. The summed E-state index contributed by atoms with van der Waals surface area (Å²) in [5, 5.41) is 0.348. The predicted molar refractivity (Wildman–Crippen MR) is 71.1 cm³/mol. The average Bonchev–Trinajstić information content (AvgIpc) is 2.19. The van der Waals surface area contributed by atoms with E-state index in [1.165, 1.54) is 12.1 Å². The maximum absolute atomic E-state index is 11.8. The molecule has 0 unspecified atom stereocenters. The molecule has 1 rings (SSSR count). The first-order valence-electron chi connectivity index (χ1n) is 5.05. The predicted octanol–water partition coefficient (Wildman–Crippen LogP) is 0.971. The van der Waals surface area contributed by atoms with Gasteiger partial charge in [0.15, 0.2) is 0 Å². The van der Waals surface area contributed by atoms with E-state index in [1.54, 1.807) is 13.0 Å². The summed E-state index contributed by atoms with van der Waals surface area (Å²) in [7, 11) is -6.92. The molecule has 0 aliphatic heterocycles. The second-order valence-electron chi connectivity index (χ2n) is 3.94. The number of rotatable bonds is 5. The van der Waals surface area contributed by atoms with E-state index in [9.17, 15) is 16.8 Å². The average molecular weight is 312 g/mol. The van der Waals surface area contributed by atoms with Crippen LogP contribution in [0.4, 0.5) is 0 Å². The largest absolute Gasteiger partial charge is 0.240 e. The maximum atomic E-state index is 11.8. The summed E-state index contributed by atoms with van der Waals surface area (Å²) < 4.78 is 47.6. The first kappa shape index (κ1) is 15.4. The van der Waals surface area contributed by atoms with Crippen LogP contribution < -0.4 is 4.72 Å². The fraction of sp³-hybridized carbons (Fsp3) is 0.400. The fourth-order valence-electron chi connectivity index (χ4n) is 1.19. The van der Waals surface area contributed by atoms with E-state index < -0.39 is 19.9 Å². The molecule has 0 saturated carbocycles. The number of benzene rings is 1. The minimum absolute atomic E-state index is 0.0200. The Labute approximate surface area is 112 Å². The van der Waals surface area contributed by atoms with Gasteiger partial charge in [0.1, 0.15) is 9.84 Å². The van der Waals surface area contributed by atoms with Gasteiger partial charge < -0.3 is 0 Å². The highest BCUT2D eigenvalue weighted by Crippen LogP contribution is 2.19. The van der Waals surface area contributed by atoms with Gasteiger partial charge in [-0.3, -0.25) is 0 Å². The smallest absolute Gasteiger partial charge is 0.229 e. The van der Waals surface area contributed by atoms with Crippen molar-refractivity contribution in [2.75, 3.05) is 18.6 Å². The van der Waals surface area contributed by atoms with Gasteiger partial charge in [-0.15, -0.1) is 0 Å². The molecule has 0 radical (unpaired) electrons. The molecular formula is C10H14ClNO4S2. The number of hydrogen-bond acceptors (Lipinski definition) is 4. The molecule has 1 aromatic rings. The van der Waals surface area contributed by atoms with Gasteiger partial charge in [0.05, 0.1) is 10.6 Å². The highest BCUT2D eigenvalue weighted by molar-refractivity contribution is 7.91. The summed E-state index contributed by atoms with van der Waals surface area (Å²) in [5.74, 6) is -0.244. The third-order valence-corrected chi connectivity index (χ3v) is 5.03. The third kappa shape index (κ3) is 4.56. The highest BCUT2D eigenvalue weighted by atomic mass is 35.5. The number of sulfone groups is 1. The molecule has 0 amide bonds. The van der Waals surface area contributed by atoms with Crippen molar-refractivity contribution in [3.8, 4) is 0 Å². The molecule has 1 aromatic carbocycles. The molecular weight excluding hydrogens is 298 g/mol. The van der Waals surface area contributed by atoms with Crippen molar-refractivity contribution in [1.82, 2.24) is 4.72 Å². The molecule has 0 fully saturated rings. The van der Waals surface area contributed by atoms with Crippen molar-refractivity contribution >= 4 is 31.5 Å². The van der Waals surface area contributed by atoms with Crippen LogP contribution in [0.15, 0.2) is 23.1 Å². The number of nitrogens with one attached hydrogen (secondary N) is 1. The van der Waals surface area contributed by atoms with E-state index in [0.717, 1.165) is 11.8 Å². The molecule has 0 bridgehead atoms. The van der Waals surface area contributed by atoms with Gasteiger partial charge in [-0.25, -0.2) is 21.6 Å². The lowest BCUT2D eigenvalue weighted by atomic mass is 10.2. The van der Waals surface area contributed by atoms with E-state index in [2.05, 4.69) is 4.72 Å². The Kier molecular flexibility index (Phi) is 4.77. The van der Waals surface area contributed by atoms with Crippen LogP contribution in [0, 0.1) is 6.92 Å². The summed E-state index contributed by atoms with van der Waals surface area (Å²) in [5.41, 5.74) is 0.770. The van der Waals surface area contributed by atoms with E-state index >= 15 is 0 Å². The Morgan fingerprint density at radius 1 is 1.22 bits per heavy atom. The van der Waals surface area contributed by atoms with Crippen LogP contribution >= 0.6 is 11.6 Å². The Balaban J connectivity index is 2.84. The van der Waals surface area contributed by atoms with E-state index in [-0.39, 0.29) is 17.2 Å². The van der Waals surface area contributed by atoms with Crippen molar-refractivity contribution < 1.29 is 16.8 Å². The molecule has 102 valence electrons. The van der Waals surface area contributed by atoms with Crippen LogP contribution in [-0.4, -0.2) is 35.4 Å². The molecule has 0 saturated heterocycles. The van der Waals surface area contributed by atoms with Crippen LogP contribution in [-0.2, 0) is 19.9 Å². The Morgan fingerprint density at radius 3 is 2.33 bits per heavy atom. The maximum Gasteiger partial charge on any atom is 0.240 e. The third-order valence-electron chi connectivity index (χ3n) is 2.22. The molecule has 18 heavy (non-hydrogen) atoms. The van der Waals surface area contributed by atoms with Gasteiger partial charge >= 0.3 is 0 Å². The van der Waals surface area contributed by atoms with Crippen LogP contribution in [0.2, 0.25) is 5.02 Å². The Bertz CT molecular complexity index is 638. The zero-order valence-corrected chi connectivity index (χ0v) is 12.4. The summed E-state index contributed by atoms with van der Waals surface area (Å²) >= 11 is 5.84. The van der Waals surface area contributed by atoms with Crippen molar-refractivity contribution in [2.24, 2.45) is 0 Å². The zero-order chi connectivity index (χ0) is 14.0. The topological polar surface area (TPSA) is 80.3 Å². The lowest BCUT2D eigenvalue weighted by Crippen LogP contribution is -2.28. The molecule has 0 spiro atoms. The first-order chi connectivity index (χ1) is 8.12. The second-order valence-corrected chi connectivity index (χ2v) is 8.37. The SMILES string of the molecule is Cc1ccc(S(=O)(=O)NCCS(C)(=O)=O)cc1Cl. The molecule has 0 atom stereocenters. The molecule has 5 nitrogen and oxygen atoms in total. The summed E-state index contributed by atoms with van der Waals surface area (Å²) in [4.78, 5) is 0.0200. The fourth-order valence-corrected chi connectivity index (χ4v) is 3.09. The summed E-state index contributed by atoms with van der Waals surface area (Å²) in [6.07, 6.45) is 1.05. The normalized spacial score (nSPS) is 12.6. The first-order valence-corrected chi connectivity index (χ1v) is 8.97. The Morgan fingerprint density at radius 2 is 1.83 bits per heavy atom.